The smallest absolute Gasteiger partial charge is 0.319 e. The predicted octanol–water partition coefficient (Wildman–Crippen LogP) is 1.20. The zero-order chi connectivity index (χ0) is 15.2. The summed E-state index contributed by atoms with van der Waals surface area (Å²) >= 11 is 0. The highest BCUT2D eigenvalue weighted by molar-refractivity contribution is 5.89. The third kappa shape index (κ3) is 4.28. The summed E-state index contributed by atoms with van der Waals surface area (Å²) in [4.78, 5) is 11.8. The standard InChI is InChI=1S/C14H20N6O/c1-10(15)11-3-5-12(6-4-11)18-14(21)16-8-7-13-19-17-9-20(13)2/h3-6,9-10H,7-8,15H2,1-2H3,(H2,16,18,21). The van der Waals surface area contributed by atoms with Gasteiger partial charge in [-0.1, -0.05) is 12.1 Å². The Morgan fingerprint density at radius 3 is 2.67 bits per heavy atom. The minimum Gasteiger partial charge on any atom is -0.337 e. The Hall–Kier alpha value is -2.41. The molecule has 0 saturated carbocycles. The summed E-state index contributed by atoms with van der Waals surface area (Å²) in [5, 5.41) is 13.3. The van der Waals surface area contributed by atoms with Gasteiger partial charge in [0.2, 0.25) is 0 Å². The van der Waals surface area contributed by atoms with Crippen molar-refractivity contribution in [3.05, 3.63) is 42.0 Å². The van der Waals surface area contributed by atoms with Crippen LogP contribution >= 0.6 is 0 Å². The molecule has 0 radical (unpaired) electrons. The summed E-state index contributed by atoms with van der Waals surface area (Å²) in [6.45, 7) is 2.41. The molecule has 1 unspecified atom stereocenters. The molecule has 2 aromatic rings. The Balaban J connectivity index is 1.78. The van der Waals surface area contributed by atoms with Crippen LogP contribution in [0.3, 0.4) is 0 Å². The number of aromatic nitrogens is 3. The maximum atomic E-state index is 11.8. The minimum absolute atomic E-state index is 0.0146. The van der Waals surface area contributed by atoms with Gasteiger partial charge in [-0.05, 0) is 24.6 Å². The normalized spacial score (nSPS) is 12.0. The number of carbonyl (C=O) groups excluding carboxylic acids is 1. The average molecular weight is 288 g/mol. The van der Waals surface area contributed by atoms with Crippen LogP contribution in [0.25, 0.3) is 0 Å². The number of benzene rings is 1. The average Bonchev–Trinajstić information content (AvgIpc) is 2.85. The van der Waals surface area contributed by atoms with Crippen molar-refractivity contribution in [1.29, 1.82) is 0 Å². The third-order valence-electron chi connectivity index (χ3n) is 3.13. The second-order valence-electron chi connectivity index (χ2n) is 4.90. The van der Waals surface area contributed by atoms with Crippen LogP contribution in [0.1, 0.15) is 24.4 Å². The molecular formula is C14H20N6O. The van der Waals surface area contributed by atoms with E-state index in [2.05, 4.69) is 20.8 Å². The maximum Gasteiger partial charge on any atom is 0.319 e. The molecule has 0 aliphatic heterocycles. The fourth-order valence-corrected chi connectivity index (χ4v) is 1.87. The van der Waals surface area contributed by atoms with E-state index in [9.17, 15) is 4.79 Å². The zero-order valence-corrected chi connectivity index (χ0v) is 12.2. The summed E-state index contributed by atoms with van der Waals surface area (Å²) in [5.41, 5.74) is 7.54. The molecular weight excluding hydrogens is 268 g/mol. The van der Waals surface area contributed by atoms with Crippen molar-refractivity contribution in [3.8, 4) is 0 Å². The number of nitrogens with zero attached hydrogens (tertiary/aromatic N) is 3. The molecule has 4 N–H and O–H groups in total. The lowest BCUT2D eigenvalue weighted by molar-refractivity contribution is 0.252. The molecule has 2 amide bonds. The summed E-state index contributed by atoms with van der Waals surface area (Å²) in [5.74, 6) is 0.830. The number of hydrogen-bond donors (Lipinski definition) is 3. The second kappa shape index (κ2) is 6.85. The molecule has 1 atom stereocenters. The van der Waals surface area contributed by atoms with E-state index in [0.29, 0.717) is 13.0 Å². The number of urea groups is 1. The topological polar surface area (TPSA) is 97.9 Å². The van der Waals surface area contributed by atoms with Gasteiger partial charge in [0.15, 0.2) is 0 Å². The molecule has 0 fully saturated rings. The lowest BCUT2D eigenvalue weighted by atomic mass is 10.1. The van der Waals surface area contributed by atoms with Gasteiger partial charge in [0.1, 0.15) is 12.2 Å². The lowest BCUT2D eigenvalue weighted by Crippen LogP contribution is -2.30. The van der Waals surface area contributed by atoms with E-state index in [0.717, 1.165) is 17.1 Å². The van der Waals surface area contributed by atoms with Gasteiger partial charge < -0.3 is 20.9 Å². The van der Waals surface area contributed by atoms with Gasteiger partial charge >= 0.3 is 6.03 Å². The predicted molar refractivity (Wildman–Crippen MR) is 80.8 cm³/mol. The molecule has 0 bridgehead atoms. The molecule has 0 spiro atoms. The number of aryl methyl sites for hydroxylation is 1. The monoisotopic (exact) mass is 288 g/mol. The van der Waals surface area contributed by atoms with Gasteiger partial charge in [0.25, 0.3) is 0 Å². The largest absolute Gasteiger partial charge is 0.337 e. The molecule has 7 nitrogen and oxygen atoms in total. The van der Waals surface area contributed by atoms with E-state index in [1.54, 1.807) is 6.33 Å². The van der Waals surface area contributed by atoms with Crippen molar-refractivity contribution in [3.63, 3.8) is 0 Å². The van der Waals surface area contributed by atoms with Crippen LogP contribution in [0.2, 0.25) is 0 Å². The highest BCUT2D eigenvalue weighted by Gasteiger charge is 2.04. The van der Waals surface area contributed by atoms with Crippen LogP contribution in [0.15, 0.2) is 30.6 Å². The highest BCUT2D eigenvalue weighted by Crippen LogP contribution is 2.13. The lowest BCUT2D eigenvalue weighted by Gasteiger charge is -2.09. The molecule has 7 heteroatoms. The fourth-order valence-electron chi connectivity index (χ4n) is 1.87. The van der Waals surface area contributed by atoms with Crippen LogP contribution < -0.4 is 16.4 Å². The molecule has 0 saturated heterocycles. The minimum atomic E-state index is -0.245. The Bertz CT molecular complexity index is 590. The highest BCUT2D eigenvalue weighted by atomic mass is 16.2. The van der Waals surface area contributed by atoms with Crippen LogP contribution in [0.4, 0.5) is 10.5 Å². The molecule has 1 heterocycles. The summed E-state index contributed by atoms with van der Waals surface area (Å²) in [6, 6.07) is 7.21. The third-order valence-corrected chi connectivity index (χ3v) is 3.13. The first kappa shape index (κ1) is 15.0. The second-order valence-corrected chi connectivity index (χ2v) is 4.90. The Morgan fingerprint density at radius 1 is 1.38 bits per heavy atom. The van der Waals surface area contributed by atoms with Crippen LogP contribution in [-0.2, 0) is 13.5 Å². The van der Waals surface area contributed by atoms with Crippen molar-refractivity contribution in [2.24, 2.45) is 12.8 Å². The number of hydrogen-bond acceptors (Lipinski definition) is 4. The van der Waals surface area contributed by atoms with E-state index in [4.69, 9.17) is 5.73 Å². The molecule has 112 valence electrons. The Kier molecular flexibility index (Phi) is 4.89. The van der Waals surface area contributed by atoms with Crippen molar-refractivity contribution >= 4 is 11.7 Å². The number of carbonyl (C=O) groups is 1. The number of nitrogens with two attached hydrogens (primary N) is 1. The van der Waals surface area contributed by atoms with Crippen LogP contribution in [0.5, 0.6) is 0 Å². The van der Waals surface area contributed by atoms with Crippen molar-refractivity contribution in [1.82, 2.24) is 20.1 Å². The van der Waals surface area contributed by atoms with Crippen LogP contribution in [-0.4, -0.2) is 27.3 Å². The van der Waals surface area contributed by atoms with Gasteiger partial charge in [-0.15, -0.1) is 10.2 Å². The fraction of sp³-hybridized carbons (Fsp3) is 0.357. The van der Waals surface area contributed by atoms with Crippen molar-refractivity contribution in [2.75, 3.05) is 11.9 Å². The molecule has 2 rings (SSSR count). The maximum absolute atomic E-state index is 11.8. The summed E-state index contributed by atoms with van der Waals surface area (Å²) < 4.78 is 1.83. The summed E-state index contributed by atoms with van der Waals surface area (Å²) in [6.07, 6.45) is 2.27. The SMILES string of the molecule is CC(N)c1ccc(NC(=O)NCCc2nncn2C)cc1. The van der Waals surface area contributed by atoms with E-state index >= 15 is 0 Å². The van der Waals surface area contributed by atoms with Gasteiger partial charge in [0, 0.05) is 31.7 Å². The molecule has 1 aromatic carbocycles. The van der Waals surface area contributed by atoms with Gasteiger partial charge in [-0.3, -0.25) is 0 Å². The van der Waals surface area contributed by atoms with E-state index in [1.165, 1.54) is 0 Å². The summed E-state index contributed by atoms with van der Waals surface area (Å²) in [7, 11) is 1.87. The van der Waals surface area contributed by atoms with Gasteiger partial charge in [-0.2, -0.15) is 0 Å². The van der Waals surface area contributed by atoms with E-state index < -0.39 is 0 Å². The van der Waals surface area contributed by atoms with Gasteiger partial charge in [0.05, 0.1) is 0 Å². The number of anilines is 1. The molecule has 0 aliphatic rings. The first-order valence-corrected chi connectivity index (χ1v) is 6.79. The molecule has 1 aromatic heterocycles. The first-order valence-electron chi connectivity index (χ1n) is 6.79. The zero-order valence-electron chi connectivity index (χ0n) is 12.2. The number of nitrogens with one attached hydrogen (secondary N) is 2. The van der Waals surface area contributed by atoms with Gasteiger partial charge in [-0.25, -0.2) is 4.79 Å². The first-order chi connectivity index (χ1) is 10.1. The van der Waals surface area contributed by atoms with Crippen molar-refractivity contribution < 1.29 is 4.79 Å². The Morgan fingerprint density at radius 2 is 2.10 bits per heavy atom. The van der Waals surface area contributed by atoms with E-state index in [1.807, 2.05) is 42.8 Å². The van der Waals surface area contributed by atoms with E-state index in [-0.39, 0.29) is 12.1 Å². The molecule has 21 heavy (non-hydrogen) atoms. The number of rotatable bonds is 5. The molecule has 0 aliphatic carbocycles. The quantitative estimate of drug-likeness (QED) is 0.770. The number of amides is 2. The Labute approximate surface area is 123 Å². The van der Waals surface area contributed by atoms with Crippen LogP contribution in [0, 0.1) is 0 Å². The van der Waals surface area contributed by atoms with Crippen molar-refractivity contribution in [2.45, 2.75) is 19.4 Å².